The Morgan fingerprint density at radius 3 is 2.35 bits per heavy atom. The molecule has 2 heterocycles. The quantitative estimate of drug-likeness (QED) is 0.584. The summed E-state index contributed by atoms with van der Waals surface area (Å²) in [6, 6.07) is 0. The van der Waals surface area contributed by atoms with Crippen molar-refractivity contribution in [2.75, 3.05) is 19.6 Å². The van der Waals surface area contributed by atoms with Crippen molar-refractivity contribution < 1.29 is 13.2 Å². The van der Waals surface area contributed by atoms with E-state index in [1.807, 2.05) is 6.92 Å². The Kier molecular flexibility index (Phi) is 4.96. The standard InChI is InChI=1S/C13H23N3O3S/c1-11-5-8-15(9-6-11)20(18,19)16-7-3-4-12(2)13(16)14-10-17/h11-13H,3-9H2,1-2H3. The van der Waals surface area contributed by atoms with Crippen LogP contribution < -0.4 is 0 Å². The molecule has 20 heavy (non-hydrogen) atoms. The van der Waals surface area contributed by atoms with Crippen molar-refractivity contribution in [1.82, 2.24) is 8.61 Å². The van der Waals surface area contributed by atoms with E-state index in [2.05, 4.69) is 11.9 Å². The molecule has 0 bridgehead atoms. The first-order chi connectivity index (χ1) is 9.46. The Balaban J connectivity index is 2.20. The molecule has 2 saturated heterocycles. The minimum Gasteiger partial charge on any atom is -0.211 e. The molecular formula is C13H23N3O3S. The molecule has 0 aromatic heterocycles. The average Bonchev–Trinajstić information content (AvgIpc) is 2.41. The van der Waals surface area contributed by atoms with Gasteiger partial charge < -0.3 is 0 Å². The Morgan fingerprint density at radius 2 is 1.75 bits per heavy atom. The maximum absolute atomic E-state index is 12.7. The van der Waals surface area contributed by atoms with Gasteiger partial charge in [0.2, 0.25) is 6.08 Å². The van der Waals surface area contributed by atoms with Gasteiger partial charge in [0, 0.05) is 19.6 Å². The molecule has 0 saturated carbocycles. The Hall–Kier alpha value is -0.750. The van der Waals surface area contributed by atoms with E-state index in [9.17, 15) is 13.2 Å². The summed E-state index contributed by atoms with van der Waals surface area (Å²) in [5.41, 5.74) is 0. The van der Waals surface area contributed by atoms with Crippen LogP contribution in [0.5, 0.6) is 0 Å². The lowest BCUT2D eigenvalue weighted by atomic mass is 9.98. The van der Waals surface area contributed by atoms with Gasteiger partial charge in [-0.2, -0.15) is 22.0 Å². The number of hydrogen-bond donors (Lipinski definition) is 0. The minimum absolute atomic E-state index is 0.0590. The fourth-order valence-electron chi connectivity index (χ4n) is 3.00. The maximum atomic E-state index is 12.7. The first-order valence-electron chi connectivity index (χ1n) is 7.30. The second-order valence-electron chi connectivity index (χ2n) is 5.95. The van der Waals surface area contributed by atoms with E-state index >= 15 is 0 Å². The van der Waals surface area contributed by atoms with Gasteiger partial charge >= 0.3 is 0 Å². The summed E-state index contributed by atoms with van der Waals surface area (Å²) < 4.78 is 28.4. The van der Waals surface area contributed by atoms with Crippen LogP contribution in [0, 0.1) is 11.8 Å². The van der Waals surface area contributed by atoms with Gasteiger partial charge in [-0.15, -0.1) is 0 Å². The second kappa shape index (κ2) is 6.35. The largest absolute Gasteiger partial charge is 0.283 e. The Morgan fingerprint density at radius 1 is 1.10 bits per heavy atom. The van der Waals surface area contributed by atoms with Crippen molar-refractivity contribution in [1.29, 1.82) is 0 Å². The number of piperidine rings is 2. The van der Waals surface area contributed by atoms with Crippen molar-refractivity contribution in [2.24, 2.45) is 16.8 Å². The maximum Gasteiger partial charge on any atom is 0.283 e. The summed E-state index contributed by atoms with van der Waals surface area (Å²) in [6.45, 7) is 5.64. The summed E-state index contributed by atoms with van der Waals surface area (Å²) in [6.07, 6.45) is 4.43. The average molecular weight is 301 g/mol. The number of hydrogen-bond acceptors (Lipinski definition) is 4. The first kappa shape index (κ1) is 15.6. The number of carbonyl (C=O) groups excluding carboxylic acids is 1. The van der Waals surface area contributed by atoms with Crippen molar-refractivity contribution in [3.05, 3.63) is 0 Å². The van der Waals surface area contributed by atoms with E-state index in [1.54, 1.807) is 4.31 Å². The lowest BCUT2D eigenvalue weighted by molar-refractivity contribution is 0.173. The molecule has 2 fully saturated rings. The molecule has 0 radical (unpaired) electrons. The molecule has 6 nitrogen and oxygen atoms in total. The highest BCUT2D eigenvalue weighted by atomic mass is 32.2. The zero-order chi connectivity index (χ0) is 14.8. The number of aliphatic imine (C=N–C) groups is 1. The molecule has 7 heteroatoms. The molecule has 2 aliphatic heterocycles. The molecule has 0 N–H and O–H groups in total. The molecule has 2 rings (SSSR count). The molecule has 2 unspecified atom stereocenters. The topological polar surface area (TPSA) is 70.1 Å². The van der Waals surface area contributed by atoms with E-state index in [1.165, 1.54) is 10.4 Å². The molecule has 114 valence electrons. The molecule has 0 aromatic carbocycles. The van der Waals surface area contributed by atoms with Gasteiger partial charge in [-0.05, 0) is 37.5 Å². The zero-order valence-electron chi connectivity index (χ0n) is 12.2. The lowest BCUT2D eigenvalue weighted by Gasteiger charge is -2.40. The Labute approximate surface area is 121 Å². The van der Waals surface area contributed by atoms with Crippen molar-refractivity contribution in [3.8, 4) is 0 Å². The predicted octanol–water partition coefficient (Wildman–Crippen LogP) is 1.36. The number of isocyanates is 1. The lowest BCUT2D eigenvalue weighted by Crippen LogP contribution is -2.53. The molecule has 0 spiro atoms. The Bertz CT molecular complexity index is 479. The fraction of sp³-hybridized carbons (Fsp3) is 0.923. The summed E-state index contributed by atoms with van der Waals surface area (Å²) >= 11 is 0. The highest BCUT2D eigenvalue weighted by Gasteiger charge is 2.40. The highest BCUT2D eigenvalue weighted by Crippen LogP contribution is 2.29. The van der Waals surface area contributed by atoms with Gasteiger partial charge in [-0.3, -0.25) is 0 Å². The minimum atomic E-state index is -3.52. The van der Waals surface area contributed by atoms with E-state index < -0.39 is 16.4 Å². The second-order valence-corrected chi connectivity index (χ2v) is 7.83. The van der Waals surface area contributed by atoms with Crippen LogP contribution in [0.1, 0.15) is 39.5 Å². The number of nitrogens with zero attached hydrogens (tertiary/aromatic N) is 3. The van der Waals surface area contributed by atoms with E-state index in [4.69, 9.17) is 0 Å². The summed E-state index contributed by atoms with van der Waals surface area (Å²) in [5.74, 6) is 0.634. The third-order valence-electron chi connectivity index (χ3n) is 4.39. The van der Waals surface area contributed by atoms with Crippen LogP contribution in [0.3, 0.4) is 0 Å². The summed E-state index contributed by atoms with van der Waals surface area (Å²) in [4.78, 5) is 14.3. The molecule has 2 aliphatic rings. The smallest absolute Gasteiger partial charge is 0.211 e. The molecule has 0 aromatic rings. The fourth-order valence-corrected chi connectivity index (χ4v) is 4.85. The van der Waals surface area contributed by atoms with Gasteiger partial charge in [0.15, 0.2) is 0 Å². The number of rotatable bonds is 3. The zero-order valence-corrected chi connectivity index (χ0v) is 13.0. The van der Waals surface area contributed by atoms with Gasteiger partial charge in [-0.25, -0.2) is 4.79 Å². The summed E-state index contributed by atoms with van der Waals surface area (Å²) in [5, 5.41) is 0. The van der Waals surface area contributed by atoms with Gasteiger partial charge in [0.1, 0.15) is 6.17 Å². The third kappa shape index (κ3) is 3.11. The van der Waals surface area contributed by atoms with Crippen LogP contribution in [0.15, 0.2) is 4.99 Å². The molecule has 0 amide bonds. The highest BCUT2D eigenvalue weighted by molar-refractivity contribution is 7.86. The van der Waals surface area contributed by atoms with Crippen LogP contribution in [-0.2, 0) is 15.0 Å². The van der Waals surface area contributed by atoms with Crippen LogP contribution in [0.25, 0.3) is 0 Å². The van der Waals surface area contributed by atoms with Crippen LogP contribution >= 0.6 is 0 Å². The third-order valence-corrected chi connectivity index (χ3v) is 6.40. The van der Waals surface area contributed by atoms with Crippen molar-refractivity contribution in [2.45, 2.75) is 45.7 Å². The first-order valence-corrected chi connectivity index (χ1v) is 8.70. The normalized spacial score (nSPS) is 30.9. The van der Waals surface area contributed by atoms with E-state index in [0.29, 0.717) is 25.6 Å². The SMILES string of the molecule is CC1CCN(S(=O)(=O)N2CCCC(C)C2N=C=O)CC1. The predicted molar refractivity (Wildman–Crippen MR) is 75.9 cm³/mol. The molecular weight excluding hydrogens is 278 g/mol. The van der Waals surface area contributed by atoms with E-state index in [0.717, 1.165) is 25.7 Å². The van der Waals surface area contributed by atoms with Gasteiger partial charge in [0.25, 0.3) is 10.2 Å². The monoisotopic (exact) mass is 301 g/mol. The van der Waals surface area contributed by atoms with Crippen molar-refractivity contribution >= 4 is 16.3 Å². The van der Waals surface area contributed by atoms with Gasteiger partial charge in [0.05, 0.1) is 0 Å². The van der Waals surface area contributed by atoms with Gasteiger partial charge in [-0.1, -0.05) is 13.8 Å². The van der Waals surface area contributed by atoms with Crippen LogP contribution in [0.2, 0.25) is 0 Å². The molecule has 2 atom stereocenters. The summed E-state index contributed by atoms with van der Waals surface area (Å²) in [7, 11) is -3.52. The molecule has 0 aliphatic carbocycles. The van der Waals surface area contributed by atoms with E-state index in [-0.39, 0.29) is 5.92 Å². The van der Waals surface area contributed by atoms with Crippen molar-refractivity contribution in [3.63, 3.8) is 0 Å². The van der Waals surface area contributed by atoms with Crippen LogP contribution in [0.4, 0.5) is 0 Å². The van der Waals surface area contributed by atoms with Crippen LogP contribution in [-0.4, -0.2) is 48.9 Å².